The number of nitrogens with zero attached hydrogens (tertiary/aromatic N) is 2. The zero-order chi connectivity index (χ0) is 29.0. The largest absolute Gasteiger partial charge is 0.311 e. The average Bonchev–Trinajstić information content (AvgIpc) is 3.37. The minimum Gasteiger partial charge on any atom is -0.311 e. The van der Waals surface area contributed by atoms with Gasteiger partial charge < -0.3 is 9.47 Å². The van der Waals surface area contributed by atoms with Gasteiger partial charge in [0, 0.05) is 39.0 Å². The summed E-state index contributed by atoms with van der Waals surface area (Å²) in [5.74, 6) is 0. The van der Waals surface area contributed by atoms with Crippen LogP contribution in [0.15, 0.2) is 170 Å². The molecule has 0 atom stereocenters. The van der Waals surface area contributed by atoms with Crippen LogP contribution in [0.5, 0.6) is 0 Å². The molecule has 1 aliphatic rings. The number of fused-ring (bicyclic) bond motifs is 8. The van der Waals surface area contributed by atoms with Crippen molar-refractivity contribution in [3.05, 3.63) is 170 Å². The lowest BCUT2D eigenvalue weighted by atomic mass is 9.92. The molecule has 9 rings (SSSR count). The van der Waals surface area contributed by atoms with E-state index in [1.165, 1.54) is 60.9 Å². The number of aromatic nitrogens is 1. The highest BCUT2D eigenvalue weighted by molar-refractivity contribution is 6.16. The van der Waals surface area contributed by atoms with Crippen molar-refractivity contribution in [3.8, 4) is 39.1 Å². The Kier molecular flexibility index (Phi) is 5.54. The summed E-state index contributed by atoms with van der Waals surface area (Å²) >= 11 is 0. The van der Waals surface area contributed by atoms with Crippen LogP contribution in [0.3, 0.4) is 0 Å². The highest BCUT2D eigenvalue weighted by Crippen LogP contribution is 2.47. The molecule has 2 nitrogen and oxygen atoms in total. The second kappa shape index (κ2) is 9.86. The molecule has 2 heteroatoms. The third-order valence-corrected chi connectivity index (χ3v) is 8.93. The molecule has 7 aromatic carbocycles. The van der Waals surface area contributed by atoms with E-state index in [1.54, 1.807) is 0 Å². The number of rotatable bonds is 4. The van der Waals surface area contributed by atoms with Crippen molar-refractivity contribution < 1.29 is 0 Å². The molecule has 0 bridgehead atoms. The molecule has 0 radical (unpaired) electrons. The highest BCUT2D eigenvalue weighted by Gasteiger charge is 2.24. The molecule has 44 heavy (non-hydrogen) atoms. The van der Waals surface area contributed by atoms with Crippen molar-refractivity contribution in [2.75, 3.05) is 4.90 Å². The summed E-state index contributed by atoms with van der Waals surface area (Å²) < 4.78 is 2.47. The summed E-state index contributed by atoms with van der Waals surface area (Å²) in [7, 11) is 0. The molecular formula is C42H28N2. The van der Waals surface area contributed by atoms with E-state index in [9.17, 15) is 0 Å². The molecule has 1 aliphatic heterocycles. The Bertz CT molecular complexity index is 2270. The lowest BCUT2D eigenvalue weighted by Gasteiger charge is -2.25. The number of anilines is 3. The van der Waals surface area contributed by atoms with Crippen LogP contribution in [0.25, 0.3) is 60.9 Å². The van der Waals surface area contributed by atoms with Gasteiger partial charge in [-0.15, -0.1) is 0 Å². The van der Waals surface area contributed by atoms with E-state index in [-0.39, 0.29) is 0 Å². The summed E-state index contributed by atoms with van der Waals surface area (Å²) in [5, 5.41) is 2.58. The van der Waals surface area contributed by atoms with Crippen LogP contribution in [0.2, 0.25) is 0 Å². The highest BCUT2D eigenvalue weighted by atomic mass is 15.1. The maximum absolute atomic E-state index is 2.47. The van der Waals surface area contributed by atoms with E-state index in [0.29, 0.717) is 0 Å². The van der Waals surface area contributed by atoms with Gasteiger partial charge in [-0.2, -0.15) is 0 Å². The van der Waals surface area contributed by atoms with Crippen molar-refractivity contribution in [2.45, 2.75) is 0 Å². The lowest BCUT2D eigenvalue weighted by Crippen LogP contribution is -2.09. The quantitative estimate of drug-likeness (QED) is 0.208. The first-order chi connectivity index (χ1) is 21.8. The Hall–Kier alpha value is -5.86. The minimum absolute atomic E-state index is 1.13. The zero-order valence-electron chi connectivity index (χ0n) is 24.1. The van der Waals surface area contributed by atoms with Crippen molar-refractivity contribution in [1.82, 2.24) is 4.57 Å². The third kappa shape index (κ3) is 3.75. The fourth-order valence-corrected chi connectivity index (χ4v) is 6.97. The normalized spacial score (nSPS) is 11.6. The number of hydrogen-bond donors (Lipinski definition) is 0. The Morgan fingerprint density at radius 2 is 0.909 bits per heavy atom. The first kappa shape index (κ1) is 24.7. The summed E-state index contributed by atoms with van der Waals surface area (Å²) in [4.78, 5) is 2.30. The molecule has 8 aromatic rings. The van der Waals surface area contributed by atoms with Crippen LogP contribution in [-0.2, 0) is 0 Å². The summed E-state index contributed by atoms with van der Waals surface area (Å²) in [6.07, 6.45) is 0. The van der Waals surface area contributed by atoms with Crippen molar-refractivity contribution in [1.29, 1.82) is 0 Å². The van der Waals surface area contributed by atoms with Gasteiger partial charge in [-0.05, 0) is 76.9 Å². The fourth-order valence-electron chi connectivity index (χ4n) is 6.97. The van der Waals surface area contributed by atoms with E-state index >= 15 is 0 Å². The summed E-state index contributed by atoms with van der Waals surface area (Å²) in [6, 6.07) is 61.4. The molecule has 2 heterocycles. The zero-order valence-corrected chi connectivity index (χ0v) is 24.1. The van der Waals surface area contributed by atoms with Gasteiger partial charge in [-0.3, -0.25) is 0 Å². The molecule has 0 fully saturated rings. The Morgan fingerprint density at radius 1 is 0.364 bits per heavy atom. The fraction of sp³-hybridized carbons (Fsp3) is 0. The van der Waals surface area contributed by atoms with E-state index < -0.39 is 0 Å². The SMILES string of the molecule is c1ccc(N(c2ccccc2)c2ccc(-c3ccc4c(c3)-c3ccccc3-c3cccc5c6ccccc6n-4c35)cc2)cc1. The Morgan fingerprint density at radius 3 is 1.64 bits per heavy atom. The van der Waals surface area contributed by atoms with Crippen molar-refractivity contribution in [3.63, 3.8) is 0 Å². The summed E-state index contributed by atoms with van der Waals surface area (Å²) in [5.41, 5.74) is 14.6. The van der Waals surface area contributed by atoms with Gasteiger partial charge in [0.15, 0.2) is 0 Å². The number of para-hydroxylation sites is 4. The van der Waals surface area contributed by atoms with Crippen LogP contribution in [0.1, 0.15) is 0 Å². The standard InChI is InChI=1S/C42H28N2/c1-3-12-31(13-4-1)43(32-14-5-2-6-15-32)33-25-22-29(23-26-33)30-24-27-41-39(28-30)35-17-8-7-16-34(35)37-19-11-20-38-36-18-9-10-21-40(36)44(41)42(37)38/h1-28H. The van der Waals surface area contributed by atoms with Gasteiger partial charge in [0.05, 0.1) is 16.7 Å². The van der Waals surface area contributed by atoms with E-state index in [0.717, 1.165) is 17.1 Å². The predicted molar refractivity (Wildman–Crippen MR) is 185 cm³/mol. The van der Waals surface area contributed by atoms with Gasteiger partial charge in [0.1, 0.15) is 0 Å². The van der Waals surface area contributed by atoms with Crippen LogP contribution in [0, 0.1) is 0 Å². The second-order valence-corrected chi connectivity index (χ2v) is 11.4. The maximum Gasteiger partial charge on any atom is 0.0619 e. The van der Waals surface area contributed by atoms with E-state index in [2.05, 4.69) is 179 Å². The minimum atomic E-state index is 1.13. The Labute approximate surface area is 256 Å². The lowest BCUT2D eigenvalue weighted by molar-refractivity contribution is 1.19. The van der Waals surface area contributed by atoms with E-state index in [4.69, 9.17) is 0 Å². The molecular weight excluding hydrogens is 532 g/mol. The first-order valence-corrected chi connectivity index (χ1v) is 15.1. The monoisotopic (exact) mass is 560 g/mol. The molecule has 1 aromatic heterocycles. The first-order valence-electron chi connectivity index (χ1n) is 15.1. The average molecular weight is 561 g/mol. The van der Waals surface area contributed by atoms with Gasteiger partial charge in [0.2, 0.25) is 0 Å². The predicted octanol–water partition coefficient (Wildman–Crippen LogP) is 11.6. The van der Waals surface area contributed by atoms with Crippen LogP contribution in [0.4, 0.5) is 17.1 Å². The Balaban J connectivity index is 1.21. The molecule has 0 saturated carbocycles. The van der Waals surface area contributed by atoms with E-state index in [1.807, 2.05) is 0 Å². The molecule has 206 valence electrons. The molecule has 0 aliphatic carbocycles. The topological polar surface area (TPSA) is 8.17 Å². The molecule has 0 spiro atoms. The van der Waals surface area contributed by atoms with Crippen LogP contribution in [-0.4, -0.2) is 4.57 Å². The summed E-state index contributed by atoms with van der Waals surface area (Å²) in [6.45, 7) is 0. The molecule has 0 N–H and O–H groups in total. The second-order valence-electron chi connectivity index (χ2n) is 11.4. The van der Waals surface area contributed by atoms with Crippen molar-refractivity contribution in [2.24, 2.45) is 0 Å². The van der Waals surface area contributed by atoms with Gasteiger partial charge in [-0.25, -0.2) is 0 Å². The van der Waals surface area contributed by atoms with Gasteiger partial charge in [-0.1, -0.05) is 115 Å². The van der Waals surface area contributed by atoms with Crippen molar-refractivity contribution >= 4 is 38.9 Å². The van der Waals surface area contributed by atoms with Gasteiger partial charge >= 0.3 is 0 Å². The number of hydrogen-bond acceptors (Lipinski definition) is 1. The molecule has 0 saturated heterocycles. The smallest absolute Gasteiger partial charge is 0.0619 e. The maximum atomic E-state index is 2.47. The third-order valence-electron chi connectivity index (χ3n) is 8.93. The molecule has 0 unspecified atom stereocenters. The number of benzene rings is 7. The molecule has 0 amide bonds. The van der Waals surface area contributed by atoms with Gasteiger partial charge in [0.25, 0.3) is 0 Å². The van der Waals surface area contributed by atoms with Crippen LogP contribution >= 0.6 is 0 Å². The van der Waals surface area contributed by atoms with Crippen LogP contribution < -0.4 is 4.90 Å².